The highest BCUT2D eigenvalue weighted by Crippen LogP contribution is 2.53. The van der Waals surface area contributed by atoms with Gasteiger partial charge in [0.1, 0.15) is 5.75 Å². The zero-order valence-corrected chi connectivity index (χ0v) is 21.5. The van der Waals surface area contributed by atoms with Gasteiger partial charge < -0.3 is 14.6 Å². The SMILES string of the molecule is O=C(O)CCCCc1cc(Cl)c(COC2(c3cnccc3-c3ccccc3OC3CC3)CC2)cc1Cl. The minimum atomic E-state index is -0.781. The minimum absolute atomic E-state index is 0.160. The molecular weight excluding hydrogens is 497 g/mol. The average Bonchev–Trinajstić information content (AvgIpc) is 3.80. The molecule has 0 saturated heterocycles. The topological polar surface area (TPSA) is 68.7 Å². The molecule has 7 heteroatoms. The first-order chi connectivity index (χ1) is 17.4. The number of aliphatic carboxylic acids is 1. The van der Waals surface area contributed by atoms with Gasteiger partial charge in [-0.05, 0) is 85.9 Å². The van der Waals surface area contributed by atoms with Crippen LogP contribution in [-0.4, -0.2) is 22.2 Å². The summed E-state index contributed by atoms with van der Waals surface area (Å²) in [5.41, 5.74) is 4.56. The molecule has 0 atom stereocenters. The maximum Gasteiger partial charge on any atom is 0.303 e. The van der Waals surface area contributed by atoms with Crippen LogP contribution in [0, 0.1) is 0 Å². The second-order valence-electron chi connectivity index (χ2n) is 9.65. The molecule has 0 aliphatic heterocycles. The molecule has 0 bridgehead atoms. The van der Waals surface area contributed by atoms with E-state index >= 15 is 0 Å². The van der Waals surface area contributed by atoms with Gasteiger partial charge in [-0.1, -0.05) is 41.4 Å². The first-order valence-electron chi connectivity index (χ1n) is 12.5. The molecule has 5 nitrogen and oxygen atoms in total. The lowest BCUT2D eigenvalue weighted by Gasteiger charge is -2.22. The monoisotopic (exact) mass is 525 g/mol. The fourth-order valence-corrected chi connectivity index (χ4v) is 5.02. The smallest absolute Gasteiger partial charge is 0.303 e. The predicted molar refractivity (Wildman–Crippen MR) is 141 cm³/mol. The van der Waals surface area contributed by atoms with Crippen LogP contribution in [0.3, 0.4) is 0 Å². The van der Waals surface area contributed by atoms with Gasteiger partial charge in [0.25, 0.3) is 0 Å². The van der Waals surface area contributed by atoms with Crippen molar-refractivity contribution in [3.63, 3.8) is 0 Å². The highest BCUT2D eigenvalue weighted by atomic mass is 35.5. The molecule has 0 radical (unpaired) electrons. The standard InChI is InChI=1S/C29H29Cl2NO4/c30-25-16-20(26(31)15-19(25)5-1-4-8-28(33)34)18-35-29(12-13-29)24-17-32-14-11-22(24)23-6-2-3-7-27(23)36-21-9-10-21/h2-3,6-7,11,14-17,21H,1,4-5,8-10,12-13,18H2,(H,33,34). The van der Waals surface area contributed by atoms with E-state index in [-0.39, 0.29) is 6.42 Å². The van der Waals surface area contributed by atoms with E-state index in [2.05, 4.69) is 11.1 Å². The lowest BCUT2D eigenvalue weighted by molar-refractivity contribution is -0.137. The third kappa shape index (κ3) is 5.86. The molecule has 0 spiro atoms. The maximum absolute atomic E-state index is 10.7. The number of aryl methyl sites for hydroxylation is 1. The van der Waals surface area contributed by atoms with E-state index in [0.717, 1.165) is 65.7 Å². The predicted octanol–water partition coefficient (Wildman–Crippen LogP) is 7.60. The highest BCUT2D eigenvalue weighted by Gasteiger charge is 2.47. The zero-order valence-electron chi connectivity index (χ0n) is 20.0. The summed E-state index contributed by atoms with van der Waals surface area (Å²) in [4.78, 5) is 15.1. The molecule has 0 amide bonds. The summed E-state index contributed by atoms with van der Waals surface area (Å²) in [5.74, 6) is 0.119. The van der Waals surface area contributed by atoms with Gasteiger partial charge in [-0.15, -0.1) is 0 Å². The van der Waals surface area contributed by atoms with Crippen molar-refractivity contribution in [1.82, 2.24) is 4.98 Å². The maximum atomic E-state index is 10.7. The second kappa shape index (κ2) is 10.8. The fourth-order valence-electron chi connectivity index (χ4n) is 4.49. The van der Waals surface area contributed by atoms with E-state index in [4.69, 9.17) is 37.8 Å². The van der Waals surface area contributed by atoms with Crippen molar-refractivity contribution in [2.24, 2.45) is 0 Å². The Bertz CT molecular complexity index is 1250. The number of hydrogen-bond acceptors (Lipinski definition) is 4. The number of rotatable bonds is 12. The fraction of sp³-hybridized carbons (Fsp3) is 0.379. The molecule has 5 rings (SSSR count). The molecule has 1 N–H and O–H groups in total. The third-order valence-electron chi connectivity index (χ3n) is 6.82. The van der Waals surface area contributed by atoms with Crippen molar-refractivity contribution in [3.05, 3.63) is 81.6 Å². The third-order valence-corrected chi connectivity index (χ3v) is 7.52. The largest absolute Gasteiger partial charge is 0.490 e. The molecule has 0 unspecified atom stereocenters. The van der Waals surface area contributed by atoms with Gasteiger partial charge in [0.05, 0.1) is 18.3 Å². The number of benzene rings is 2. The highest BCUT2D eigenvalue weighted by molar-refractivity contribution is 6.34. The summed E-state index contributed by atoms with van der Waals surface area (Å²) >= 11 is 13.1. The Hall–Kier alpha value is -2.60. The van der Waals surface area contributed by atoms with Crippen molar-refractivity contribution in [2.75, 3.05) is 0 Å². The number of nitrogens with zero attached hydrogens (tertiary/aromatic N) is 1. The van der Waals surface area contributed by atoms with Crippen LogP contribution in [-0.2, 0) is 28.2 Å². The summed E-state index contributed by atoms with van der Waals surface area (Å²) < 4.78 is 12.7. The van der Waals surface area contributed by atoms with E-state index in [0.29, 0.717) is 35.6 Å². The summed E-state index contributed by atoms with van der Waals surface area (Å²) in [6, 6.07) is 14.0. The van der Waals surface area contributed by atoms with Gasteiger partial charge in [-0.2, -0.15) is 0 Å². The van der Waals surface area contributed by atoms with Gasteiger partial charge >= 0.3 is 5.97 Å². The Morgan fingerprint density at radius 3 is 2.53 bits per heavy atom. The number of hydrogen-bond donors (Lipinski definition) is 1. The average molecular weight is 526 g/mol. The number of unbranched alkanes of at least 4 members (excludes halogenated alkanes) is 1. The van der Waals surface area contributed by atoms with Gasteiger partial charge in [0.15, 0.2) is 0 Å². The van der Waals surface area contributed by atoms with Crippen molar-refractivity contribution >= 4 is 29.2 Å². The Morgan fingerprint density at radius 2 is 1.78 bits per heavy atom. The number of carbonyl (C=O) groups is 1. The van der Waals surface area contributed by atoms with E-state index in [1.807, 2.05) is 48.8 Å². The number of carboxylic acid groups (broad SMARTS) is 1. The quantitative estimate of drug-likeness (QED) is 0.246. The minimum Gasteiger partial charge on any atom is -0.490 e. The van der Waals surface area contributed by atoms with Crippen LogP contribution in [0.5, 0.6) is 5.75 Å². The van der Waals surface area contributed by atoms with Crippen LogP contribution in [0.25, 0.3) is 11.1 Å². The molecule has 1 aromatic heterocycles. The molecular formula is C29H29Cl2NO4. The number of para-hydroxylation sites is 1. The van der Waals surface area contributed by atoms with Crippen LogP contribution < -0.4 is 4.74 Å². The lowest BCUT2D eigenvalue weighted by Crippen LogP contribution is -2.14. The van der Waals surface area contributed by atoms with Crippen LogP contribution in [0.1, 0.15) is 61.6 Å². The van der Waals surface area contributed by atoms with Gasteiger partial charge in [-0.25, -0.2) is 0 Å². The first kappa shape index (κ1) is 25.1. The number of ether oxygens (including phenoxy) is 2. The number of pyridine rings is 1. The second-order valence-corrected chi connectivity index (χ2v) is 10.5. The zero-order chi connectivity index (χ0) is 25.1. The molecule has 2 fully saturated rings. The van der Waals surface area contributed by atoms with E-state index < -0.39 is 11.6 Å². The van der Waals surface area contributed by atoms with E-state index in [1.165, 1.54) is 0 Å². The van der Waals surface area contributed by atoms with Crippen molar-refractivity contribution in [3.8, 4) is 16.9 Å². The van der Waals surface area contributed by atoms with Crippen LogP contribution in [0.15, 0.2) is 54.9 Å². The van der Waals surface area contributed by atoms with Gasteiger partial charge in [0, 0.05) is 40.0 Å². The Labute approximate surface area is 221 Å². The van der Waals surface area contributed by atoms with Crippen LogP contribution >= 0.6 is 23.2 Å². The van der Waals surface area contributed by atoms with E-state index in [9.17, 15) is 4.79 Å². The molecule has 2 saturated carbocycles. The van der Waals surface area contributed by atoms with Crippen molar-refractivity contribution in [1.29, 1.82) is 0 Å². The lowest BCUT2D eigenvalue weighted by atomic mass is 9.96. The van der Waals surface area contributed by atoms with Crippen molar-refractivity contribution in [2.45, 2.75) is 69.7 Å². The summed E-state index contributed by atoms with van der Waals surface area (Å²) in [6.07, 6.45) is 10.3. The number of halogens is 2. The van der Waals surface area contributed by atoms with Crippen molar-refractivity contribution < 1.29 is 19.4 Å². The molecule has 1 heterocycles. The molecule has 2 aromatic carbocycles. The van der Waals surface area contributed by atoms with E-state index in [1.54, 1.807) is 0 Å². The van der Waals surface area contributed by atoms with Crippen LogP contribution in [0.4, 0.5) is 0 Å². The Kier molecular flexibility index (Phi) is 7.52. The first-order valence-corrected chi connectivity index (χ1v) is 13.2. The Balaban J connectivity index is 1.31. The Morgan fingerprint density at radius 1 is 1.03 bits per heavy atom. The van der Waals surface area contributed by atoms with Gasteiger partial charge in [-0.3, -0.25) is 9.78 Å². The molecule has 3 aromatic rings. The number of carboxylic acids is 1. The normalized spacial score (nSPS) is 16.1. The molecule has 36 heavy (non-hydrogen) atoms. The molecule has 2 aliphatic rings. The van der Waals surface area contributed by atoms with Crippen LogP contribution in [0.2, 0.25) is 10.0 Å². The molecule has 2 aliphatic carbocycles. The number of aromatic nitrogens is 1. The summed E-state index contributed by atoms with van der Waals surface area (Å²) in [6.45, 7) is 0.340. The molecule has 188 valence electrons. The summed E-state index contributed by atoms with van der Waals surface area (Å²) in [5, 5.41) is 10.1. The summed E-state index contributed by atoms with van der Waals surface area (Å²) in [7, 11) is 0. The van der Waals surface area contributed by atoms with Gasteiger partial charge in [0.2, 0.25) is 0 Å².